The molecule has 1 atom stereocenters. The molecule has 0 amide bonds. The third-order valence-electron chi connectivity index (χ3n) is 5.76. The molecular formula is C21H44N2. The van der Waals surface area contributed by atoms with Gasteiger partial charge in [0.2, 0.25) is 0 Å². The van der Waals surface area contributed by atoms with Gasteiger partial charge in [-0.25, -0.2) is 0 Å². The molecule has 2 nitrogen and oxygen atoms in total. The normalized spacial score (nSPS) is 18.9. The van der Waals surface area contributed by atoms with Gasteiger partial charge in [-0.3, -0.25) is 0 Å². The summed E-state index contributed by atoms with van der Waals surface area (Å²) in [6, 6.07) is 0. The lowest BCUT2D eigenvalue weighted by atomic mass is 9.77. The second kappa shape index (κ2) is 13.2. The van der Waals surface area contributed by atoms with Crippen LogP contribution in [0.3, 0.4) is 0 Å². The molecule has 0 spiro atoms. The lowest BCUT2D eigenvalue weighted by Crippen LogP contribution is -2.44. The van der Waals surface area contributed by atoms with Gasteiger partial charge in [-0.2, -0.15) is 0 Å². The van der Waals surface area contributed by atoms with Gasteiger partial charge in [0, 0.05) is 26.2 Å². The largest absolute Gasteiger partial charge is 0.314 e. The summed E-state index contributed by atoms with van der Waals surface area (Å²) in [7, 11) is 0. The summed E-state index contributed by atoms with van der Waals surface area (Å²) in [5.74, 6) is 0. The van der Waals surface area contributed by atoms with Gasteiger partial charge in [-0.1, -0.05) is 78.6 Å². The van der Waals surface area contributed by atoms with Crippen molar-refractivity contribution in [3.8, 4) is 0 Å². The first-order valence-electron chi connectivity index (χ1n) is 10.6. The molecule has 1 aliphatic heterocycles. The Morgan fingerprint density at radius 3 is 1.83 bits per heavy atom. The van der Waals surface area contributed by atoms with E-state index >= 15 is 0 Å². The van der Waals surface area contributed by atoms with Crippen LogP contribution >= 0.6 is 0 Å². The lowest BCUT2D eigenvalue weighted by Gasteiger charge is -2.34. The Labute approximate surface area is 146 Å². The first kappa shape index (κ1) is 21.0. The van der Waals surface area contributed by atoms with Crippen LogP contribution < -0.4 is 5.32 Å². The number of nitrogens with zero attached hydrogens (tertiary/aromatic N) is 1. The minimum atomic E-state index is 0.588. The maximum atomic E-state index is 3.47. The molecule has 23 heavy (non-hydrogen) atoms. The molecule has 1 aliphatic rings. The molecule has 1 heterocycles. The zero-order chi connectivity index (χ0) is 16.8. The highest BCUT2D eigenvalue weighted by molar-refractivity contribution is 4.78. The highest BCUT2D eigenvalue weighted by Crippen LogP contribution is 2.35. The van der Waals surface area contributed by atoms with Gasteiger partial charge in [-0.15, -0.1) is 0 Å². The first-order chi connectivity index (χ1) is 11.2. The molecule has 1 saturated heterocycles. The van der Waals surface area contributed by atoms with Crippen molar-refractivity contribution in [3.63, 3.8) is 0 Å². The predicted molar refractivity (Wildman–Crippen MR) is 104 cm³/mol. The fraction of sp³-hybridized carbons (Fsp3) is 1.00. The Kier molecular flexibility index (Phi) is 12.1. The predicted octanol–water partition coefficient (Wildman–Crippen LogP) is 5.62. The van der Waals surface area contributed by atoms with E-state index in [1.165, 1.54) is 110 Å². The summed E-state index contributed by atoms with van der Waals surface area (Å²) in [6.45, 7) is 13.4. The summed E-state index contributed by atoms with van der Waals surface area (Å²) in [4.78, 5) is 2.68. The van der Waals surface area contributed by atoms with Crippen LogP contribution in [0.15, 0.2) is 0 Å². The van der Waals surface area contributed by atoms with Crippen LogP contribution in [0.1, 0.15) is 97.8 Å². The molecule has 1 fully saturated rings. The molecule has 0 saturated carbocycles. The van der Waals surface area contributed by atoms with Crippen molar-refractivity contribution in [2.75, 3.05) is 32.7 Å². The van der Waals surface area contributed by atoms with Crippen LogP contribution in [0.2, 0.25) is 0 Å². The lowest BCUT2D eigenvalue weighted by molar-refractivity contribution is 0.165. The van der Waals surface area contributed by atoms with Crippen LogP contribution in [0.25, 0.3) is 0 Å². The van der Waals surface area contributed by atoms with Gasteiger partial charge < -0.3 is 10.2 Å². The molecule has 0 radical (unpaired) electrons. The molecule has 1 N–H and O–H groups in total. The summed E-state index contributed by atoms with van der Waals surface area (Å²) >= 11 is 0. The Morgan fingerprint density at radius 1 is 0.739 bits per heavy atom. The molecule has 1 rings (SSSR count). The molecule has 0 aromatic carbocycles. The number of hydrogen-bond donors (Lipinski definition) is 1. The molecule has 0 aromatic heterocycles. The molecule has 1 unspecified atom stereocenters. The van der Waals surface area contributed by atoms with E-state index in [0.29, 0.717) is 5.41 Å². The van der Waals surface area contributed by atoms with Crippen LogP contribution in [-0.2, 0) is 0 Å². The van der Waals surface area contributed by atoms with E-state index in [4.69, 9.17) is 0 Å². The minimum absolute atomic E-state index is 0.588. The Bertz CT molecular complexity index is 261. The third-order valence-corrected chi connectivity index (χ3v) is 5.76. The maximum Gasteiger partial charge on any atom is 0.0107 e. The van der Waals surface area contributed by atoms with E-state index in [1.54, 1.807) is 0 Å². The summed E-state index contributed by atoms with van der Waals surface area (Å²) in [5.41, 5.74) is 0.588. The number of hydrogen-bond acceptors (Lipinski definition) is 2. The molecule has 138 valence electrons. The van der Waals surface area contributed by atoms with Crippen molar-refractivity contribution in [1.82, 2.24) is 10.2 Å². The zero-order valence-corrected chi connectivity index (χ0v) is 16.5. The van der Waals surface area contributed by atoms with Crippen molar-refractivity contribution in [2.24, 2.45) is 5.41 Å². The van der Waals surface area contributed by atoms with E-state index < -0.39 is 0 Å². The third kappa shape index (κ3) is 10.4. The van der Waals surface area contributed by atoms with E-state index in [2.05, 4.69) is 31.0 Å². The second-order valence-electron chi connectivity index (χ2n) is 8.13. The molecule has 0 aromatic rings. The van der Waals surface area contributed by atoms with Gasteiger partial charge in [0.25, 0.3) is 0 Å². The van der Waals surface area contributed by atoms with Gasteiger partial charge in [0.1, 0.15) is 0 Å². The van der Waals surface area contributed by atoms with Crippen molar-refractivity contribution in [3.05, 3.63) is 0 Å². The van der Waals surface area contributed by atoms with Crippen LogP contribution in [-0.4, -0.2) is 37.6 Å². The number of unbranched alkanes of at least 4 members (excludes halogenated alkanes) is 7. The highest BCUT2D eigenvalue weighted by Gasteiger charge is 2.24. The van der Waals surface area contributed by atoms with Crippen LogP contribution in [0, 0.1) is 5.41 Å². The fourth-order valence-corrected chi connectivity index (χ4v) is 3.87. The fourth-order valence-electron chi connectivity index (χ4n) is 3.87. The number of rotatable bonds is 14. The average molecular weight is 325 g/mol. The molecule has 2 heteroatoms. The van der Waals surface area contributed by atoms with Crippen molar-refractivity contribution >= 4 is 0 Å². The summed E-state index contributed by atoms with van der Waals surface area (Å²) < 4.78 is 0. The smallest absolute Gasteiger partial charge is 0.0107 e. The number of piperazine rings is 1. The van der Waals surface area contributed by atoms with Gasteiger partial charge >= 0.3 is 0 Å². The van der Waals surface area contributed by atoms with Gasteiger partial charge in [0.15, 0.2) is 0 Å². The summed E-state index contributed by atoms with van der Waals surface area (Å²) in [5, 5.41) is 3.47. The standard InChI is InChI=1S/C21H44N2/c1-4-6-8-10-12-14-21(3,13-11-9-7-5-2)15-18-23-19-16-22-17-20-23/h22H,4-20H2,1-3H3. The zero-order valence-electron chi connectivity index (χ0n) is 16.5. The Balaban J connectivity index is 2.32. The van der Waals surface area contributed by atoms with Crippen LogP contribution in [0.5, 0.6) is 0 Å². The quantitative estimate of drug-likeness (QED) is 0.417. The van der Waals surface area contributed by atoms with Gasteiger partial charge in [0.05, 0.1) is 0 Å². The second-order valence-corrected chi connectivity index (χ2v) is 8.13. The Morgan fingerprint density at radius 2 is 1.26 bits per heavy atom. The van der Waals surface area contributed by atoms with Crippen LogP contribution in [0.4, 0.5) is 0 Å². The average Bonchev–Trinajstić information content (AvgIpc) is 2.58. The van der Waals surface area contributed by atoms with Gasteiger partial charge in [-0.05, 0) is 31.2 Å². The van der Waals surface area contributed by atoms with E-state index in [9.17, 15) is 0 Å². The Hall–Kier alpha value is -0.0800. The summed E-state index contributed by atoms with van der Waals surface area (Å²) in [6.07, 6.45) is 17.1. The molecular weight excluding hydrogens is 280 g/mol. The van der Waals surface area contributed by atoms with E-state index in [-0.39, 0.29) is 0 Å². The SMILES string of the molecule is CCCCCCCC(C)(CCCCCC)CCN1CCNCC1. The van der Waals surface area contributed by atoms with E-state index in [0.717, 1.165) is 0 Å². The molecule has 0 bridgehead atoms. The minimum Gasteiger partial charge on any atom is -0.314 e. The maximum absolute atomic E-state index is 3.47. The van der Waals surface area contributed by atoms with Crippen molar-refractivity contribution in [1.29, 1.82) is 0 Å². The molecule has 0 aliphatic carbocycles. The monoisotopic (exact) mass is 324 g/mol. The first-order valence-corrected chi connectivity index (χ1v) is 10.6. The highest BCUT2D eigenvalue weighted by atomic mass is 15.2. The topological polar surface area (TPSA) is 15.3 Å². The van der Waals surface area contributed by atoms with Crippen molar-refractivity contribution < 1.29 is 0 Å². The number of nitrogens with one attached hydrogen (secondary N) is 1. The van der Waals surface area contributed by atoms with Crippen molar-refractivity contribution in [2.45, 2.75) is 97.8 Å². The van der Waals surface area contributed by atoms with E-state index in [1.807, 2.05) is 0 Å².